The Morgan fingerprint density at radius 1 is 1.10 bits per heavy atom. The van der Waals surface area contributed by atoms with Crippen molar-refractivity contribution < 1.29 is 27.4 Å². The van der Waals surface area contributed by atoms with Gasteiger partial charge < -0.3 is 15.6 Å². The van der Waals surface area contributed by atoms with Gasteiger partial charge in [-0.1, -0.05) is 11.6 Å². The fraction of sp³-hybridized carbons (Fsp3) is 0.0500. The summed E-state index contributed by atoms with van der Waals surface area (Å²) < 4.78 is 44.4. The fourth-order valence-electron chi connectivity index (χ4n) is 2.63. The number of primary amides is 1. The Hall–Kier alpha value is -3.10. The minimum atomic E-state index is -4.13. The third-order valence-electron chi connectivity index (χ3n) is 4.08. The van der Waals surface area contributed by atoms with E-state index in [2.05, 4.69) is 0 Å². The molecule has 0 aliphatic rings. The predicted octanol–water partition coefficient (Wildman–Crippen LogP) is 4.22. The summed E-state index contributed by atoms with van der Waals surface area (Å²) in [6.07, 6.45) is 0. The van der Waals surface area contributed by atoms with E-state index in [-0.39, 0.29) is 27.0 Å². The number of phenols is 1. The number of sulfone groups is 1. The van der Waals surface area contributed by atoms with Crippen molar-refractivity contribution in [3.63, 3.8) is 0 Å². The molecule has 3 rings (SSSR count). The second-order valence-corrected chi connectivity index (χ2v) is 8.48. The van der Waals surface area contributed by atoms with Gasteiger partial charge in [0, 0.05) is 11.6 Å². The number of carbonyl (C=O) groups excluding carboxylic acids is 1. The Bertz CT molecular complexity index is 1190. The van der Waals surface area contributed by atoms with Crippen LogP contribution < -0.4 is 10.5 Å². The topological polar surface area (TPSA) is 107 Å². The van der Waals surface area contributed by atoms with Crippen molar-refractivity contribution >= 4 is 27.3 Å². The Kier molecular flexibility index (Phi) is 5.50. The largest absolute Gasteiger partial charge is 0.507 e. The molecular formula is C20H15ClFNO5S. The molecule has 0 unspecified atom stereocenters. The Labute approximate surface area is 171 Å². The van der Waals surface area contributed by atoms with Crippen molar-refractivity contribution in [2.75, 3.05) is 0 Å². The summed E-state index contributed by atoms with van der Waals surface area (Å²) >= 11 is 6.16. The molecular weight excluding hydrogens is 421 g/mol. The first-order valence-corrected chi connectivity index (χ1v) is 10.1. The van der Waals surface area contributed by atoms with Crippen molar-refractivity contribution in [3.05, 3.63) is 76.6 Å². The SMILES string of the molecule is Cc1cc(C(N)=O)cc(Cl)c1Oc1ccc(O)c(S(=O)(=O)c2ccc(F)cc2)c1. The zero-order valence-corrected chi connectivity index (χ0v) is 16.6. The Morgan fingerprint density at radius 3 is 2.34 bits per heavy atom. The van der Waals surface area contributed by atoms with Crippen LogP contribution in [0.25, 0.3) is 0 Å². The highest BCUT2D eigenvalue weighted by atomic mass is 35.5. The molecule has 0 aromatic heterocycles. The van der Waals surface area contributed by atoms with Crippen LogP contribution in [-0.4, -0.2) is 19.4 Å². The van der Waals surface area contributed by atoms with Crippen molar-refractivity contribution in [2.24, 2.45) is 5.73 Å². The molecule has 6 nitrogen and oxygen atoms in total. The van der Waals surface area contributed by atoms with E-state index in [4.69, 9.17) is 22.1 Å². The van der Waals surface area contributed by atoms with E-state index >= 15 is 0 Å². The van der Waals surface area contributed by atoms with E-state index in [1.165, 1.54) is 18.2 Å². The molecule has 1 amide bonds. The van der Waals surface area contributed by atoms with Crippen molar-refractivity contribution in [2.45, 2.75) is 16.7 Å². The van der Waals surface area contributed by atoms with Gasteiger partial charge in [-0.25, -0.2) is 12.8 Å². The number of nitrogens with two attached hydrogens (primary N) is 1. The van der Waals surface area contributed by atoms with E-state index in [1.54, 1.807) is 6.92 Å². The highest BCUT2D eigenvalue weighted by molar-refractivity contribution is 7.91. The summed E-state index contributed by atoms with van der Waals surface area (Å²) in [6.45, 7) is 1.64. The monoisotopic (exact) mass is 435 g/mol. The quantitative estimate of drug-likeness (QED) is 0.583. The summed E-state index contributed by atoms with van der Waals surface area (Å²) in [5, 5.41) is 10.2. The average Bonchev–Trinajstić information content (AvgIpc) is 2.65. The summed E-state index contributed by atoms with van der Waals surface area (Å²) in [4.78, 5) is 10.7. The molecule has 0 fully saturated rings. The zero-order chi connectivity index (χ0) is 21.3. The minimum absolute atomic E-state index is 0.0836. The van der Waals surface area contributed by atoms with Crippen LogP contribution in [0.15, 0.2) is 64.4 Å². The number of hydrogen-bond acceptors (Lipinski definition) is 5. The maximum Gasteiger partial charge on any atom is 0.248 e. The number of aromatic hydroxyl groups is 1. The smallest absolute Gasteiger partial charge is 0.248 e. The first-order valence-electron chi connectivity index (χ1n) is 8.21. The fourth-order valence-corrected chi connectivity index (χ4v) is 4.30. The number of benzene rings is 3. The lowest BCUT2D eigenvalue weighted by atomic mass is 10.1. The molecule has 3 aromatic rings. The number of hydrogen-bond donors (Lipinski definition) is 2. The van der Waals surface area contributed by atoms with Gasteiger partial charge in [-0.3, -0.25) is 4.79 Å². The van der Waals surface area contributed by atoms with E-state index in [1.807, 2.05) is 0 Å². The van der Waals surface area contributed by atoms with Crippen molar-refractivity contribution in [3.8, 4) is 17.2 Å². The number of carbonyl (C=O) groups is 1. The molecule has 9 heteroatoms. The Morgan fingerprint density at radius 2 is 1.76 bits per heavy atom. The van der Waals surface area contributed by atoms with Crippen molar-refractivity contribution in [1.82, 2.24) is 0 Å². The number of ether oxygens (including phenoxy) is 1. The molecule has 0 aliphatic carbocycles. The third kappa shape index (κ3) is 4.18. The standard InChI is InChI=1S/C20H15ClFNO5S/c1-11-8-12(20(23)25)9-16(21)19(11)28-14-4-7-17(24)18(10-14)29(26,27)15-5-2-13(22)3-6-15/h2-10,24H,1H3,(H2,23,25). The molecule has 0 atom stereocenters. The molecule has 150 valence electrons. The first kappa shape index (κ1) is 20.6. The van der Waals surface area contributed by atoms with Crippen LogP contribution in [0.2, 0.25) is 5.02 Å². The zero-order valence-electron chi connectivity index (χ0n) is 15.0. The van der Waals surface area contributed by atoms with Gasteiger partial charge in [0.2, 0.25) is 15.7 Å². The number of amides is 1. The normalized spacial score (nSPS) is 11.3. The third-order valence-corrected chi connectivity index (χ3v) is 6.16. The maximum atomic E-state index is 13.1. The number of rotatable bonds is 5. The second-order valence-electron chi connectivity index (χ2n) is 6.16. The Balaban J connectivity index is 2.02. The van der Waals surface area contributed by atoms with Gasteiger partial charge >= 0.3 is 0 Å². The summed E-state index contributed by atoms with van der Waals surface area (Å²) in [5.74, 6) is -1.45. The molecule has 29 heavy (non-hydrogen) atoms. The van der Waals surface area contributed by atoms with E-state index in [9.17, 15) is 22.7 Å². The van der Waals surface area contributed by atoms with Gasteiger partial charge in [0.15, 0.2) is 0 Å². The van der Waals surface area contributed by atoms with Crippen LogP contribution in [0, 0.1) is 12.7 Å². The van der Waals surface area contributed by atoms with Crippen LogP contribution >= 0.6 is 11.6 Å². The molecule has 0 spiro atoms. The van der Waals surface area contributed by atoms with Gasteiger partial charge in [0.25, 0.3) is 0 Å². The lowest BCUT2D eigenvalue weighted by molar-refractivity contribution is 0.1000. The molecule has 0 saturated carbocycles. The van der Waals surface area contributed by atoms with Crippen molar-refractivity contribution in [1.29, 1.82) is 0 Å². The maximum absolute atomic E-state index is 13.1. The summed E-state index contributed by atoms with van der Waals surface area (Å²) in [6, 6.07) is 10.7. The second kappa shape index (κ2) is 7.73. The summed E-state index contributed by atoms with van der Waals surface area (Å²) in [7, 11) is -4.13. The minimum Gasteiger partial charge on any atom is -0.507 e. The van der Waals surface area contributed by atoms with E-state index < -0.39 is 32.2 Å². The van der Waals surface area contributed by atoms with Crippen LogP contribution in [0.1, 0.15) is 15.9 Å². The number of aryl methyl sites for hydroxylation is 1. The first-order chi connectivity index (χ1) is 13.6. The van der Waals surface area contributed by atoms with Gasteiger partial charge in [0.05, 0.1) is 9.92 Å². The lowest BCUT2D eigenvalue weighted by Gasteiger charge is -2.14. The molecule has 0 aliphatic heterocycles. The van der Waals surface area contributed by atoms with Gasteiger partial charge in [-0.15, -0.1) is 0 Å². The highest BCUT2D eigenvalue weighted by Gasteiger charge is 2.23. The summed E-state index contributed by atoms with van der Waals surface area (Å²) in [5.41, 5.74) is 5.95. The predicted molar refractivity (Wildman–Crippen MR) is 105 cm³/mol. The molecule has 0 radical (unpaired) electrons. The van der Waals surface area contributed by atoms with Crippen LogP contribution in [0.3, 0.4) is 0 Å². The van der Waals surface area contributed by atoms with Gasteiger partial charge in [-0.2, -0.15) is 0 Å². The highest BCUT2D eigenvalue weighted by Crippen LogP contribution is 2.37. The number of phenolic OH excluding ortho intramolecular Hbond substituents is 1. The lowest BCUT2D eigenvalue weighted by Crippen LogP contribution is -2.11. The van der Waals surface area contributed by atoms with E-state index in [0.29, 0.717) is 5.56 Å². The van der Waals surface area contributed by atoms with E-state index in [0.717, 1.165) is 36.4 Å². The van der Waals surface area contributed by atoms with Crippen LogP contribution in [0.5, 0.6) is 17.2 Å². The van der Waals surface area contributed by atoms with Gasteiger partial charge in [-0.05, 0) is 61.0 Å². The van der Waals surface area contributed by atoms with Crippen LogP contribution in [-0.2, 0) is 9.84 Å². The molecule has 0 bridgehead atoms. The number of halogens is 2. The molecule has 3 aromatic carbocycles. The van der Waals surface area contributed by atoms with Crippen LogP contribution in [0.4, 0.5) is 4.39 Å². The molecule has 3 N–H and O–H groups in total. The molecule has 0 saturated heterocycles. The molecule has 0 heterocycles. The van der Waals surface area contributed by atoms with Gasteiger partial charge in [0.1, 0.15) is 28.0 Å². The average molecular weight is 436 g/mol.